The van der Waals surface area contributed by atoms with Gasteiger partial charge < -0.3 is 4.90 Å². The topological polar surface area (TPSA) is 81.6 Å². The minimum absolute atomic E-state index is 0.139. The monoisotopic (exact) mass is 471 g/mol. The molecule has 9 heteroatoms. The number of fused-ring (bicyclic) bond motifs is 3. The molecule has 0 unspecified atom stereocenters. The number of thiophene rings is 1. The van der Waals surface area contributed by atoms with E-state index in [-0.39, 0.29) is 23.7 Å². The molecule has 6 rings (SSSR count). The zero-order chi connectivity index (χ0) is 23.2. The van der Waals surface area contributed by atoms with Crippen LogP contribution < -0.4 is 16.1 Å². The number of hydrogen-bond acceptors (Lipinski definition) is 5. The zero-order valence-corrected chi connectivity index (χ0v) is 19.1. The van der Waals surface area contributed by atoms with Crippen LogP contribution in [0.3, 0.4) is 0 Å². The predicted molar refractivity (Wildman–Crippen MR) is 132 cm³/mol. The lowest BCUT2D eigenvalue weighted by molar-refractivity contribution is -0.117. The minimum atomic E-state index is -0.293. The average Bonchev–Trinajstić information content (AvgIpc) is 3.58. The van der Waals surface area contributed by atoms with Crippen LogP contribution in [-0.4, -0.2) is 31.2 Å². The summed E-state index contributed by atoms with van der Waals surface area (Å²) in [6.07, 6.45) is 1.46. The Morgan fingerprint density at radius 2 is 1.65 bits per heavy atom. The molecule has 0 aliphatic carbocycles. The van der Waals surface area contributed by atoms with Gasteiger partial charge in [0.1, 0.15) is 4.70 Å². The van der Waals surface area contributed by atoms with Crippen LogP contribution >= 0.6 is 11.3 Å². The van der Waals surface area contributed by atoms with Gasteiger partial charge >= 0.3 is 5.69 Å². The summed E-state index contributed by atoms with van der Waals surface area (Å²) < 4.78 is 5.01. The average molecular weight is 472 g/mol. The molecule has 0 N–H and O–H groups in total. The van der Waals surface area contributed by atoms with Crippen LogP contribution in [0.1, 0.15) is 24.0 Å². The summed E-state index contributed by atoms with van der Waals surface area (Å²) >= 11 is 1.33. The van der Waals surface area contributed by atoms with Gasteiger partial charge in [-0.2, -0.15) is 0 Å². The molecular formula is C25H21N5O3S. The molecular weight excluding hydrogens is 450 g/mol. The van der Waals surface area contributed by atoms with Crippen molar-refractivity contribution >= 4 is 38.9 Å². The number of aromatic nitrogens is 4. The molecule has 3 aromatic heterocycles. The molecule has 8 nitrogen and oxygen atoms in total. The lowest BCUT2D eigenvalue weighted by Gasteiger charge is -2.15. The van der Waals surface area contributed by atoms with Crippen molar-refractivity contribution in [3.63, 3.8) is 0 Å². The van der Waals surface area contributed by atoms with Crippen molar-refractivity contribution in [3.8, 4) is 0 Å². The maximum atomic E-state index is 13.4. The van der Waals surface area contributed by atoms with Crippen LogP contribution in [-0.2, 0) is 17.9 Å². The van der Waals surface area contributed by atoms with Crippen molar-refractivity contribution in [2.75, 3.05) is 11.4 Å². The van der Waals surface area contributed by atoms with Crippen LogP contribution in [0, 0.1) is 0 Å². The maximum Gasteiger partial charge on any atom is 0.352 e. The second kappa shape index (κ2) is 8.11. The maximum absolute atomic E-state index is 13.4. The lowest BCUT2D eigenvalue weighted by Crippen LogP contribution is -2.26. The predicted octanol–water partition coefficient (Wildman–Crippen LogP) is 3.10. The van der Waals surface area contributed by atoms with E-state index in [1.807, 2.05) is 60.0 Å². The number of benzene rings is 2. The first-order valence-electron chi connectivity index (χ1n) is 11.1. The summed E-state index contributed by atoms with van der Waals surface area (Å²) in [7, 11) is 0. The molecule has 0 radical (unpaired) electrons. The first-order valence-corrected chi connectivity index (χ1v) is 12.0. The van der Waals surface area contributed by atoms with E-state index in [4.69, 9.17) is 0 Å². The Bertz CT molecular complexity index is 1640. The molecule has 170 valence electrons. The van der Waals surface area contributed by atoms with Crippen LogP contribution in [0.2, 0.25) is 0 Å². The Labute approximate surface area is 197 Å². The standard InChI is InChI=1S/C25H21N5O3S/c31-21-7-4-13-27(21)19-10-8-18(9-11-19)16-29-25(33)30-20-12-14-34-22(20)23(32)28(24(30)26-29)15-17-5-2-1-3-6-17/h1-3,5-6,8-12,14H,4,7,13,15-16H2. The number of carbonyl (C=O) groups excluding carboxylic acids is 1. The third-order valence-electron chi connectivity index (χ3n) is 6.23. The Morgan fingerprint density at radius 3 is 2.38 bits per heavy atom. The van der Waals surface area contributed by atoms with Gasteiger partial charge in [0.2, 0.25) is 11.7 Å². The van der Waals surface area contributed by atoms with Crippen LogP contribution in [0.25, 0.3) is 16.0 Å². The molecule has 34 heavy (non-hydrogen) atoms. The zero-order valence-electron chi connectivity index (χ0n) is 18.3. The van der Waals surface area contributed by atoms with Gasteiger partial charge in [-0.05, 0) is 41.1 Å². The van der Waals surface area contributed by atoms with E-state index in [2.05, 4.69) is 5.10 Å². The van der Waals surface area contributed by atoms with Gasteiger partial charge in [0.25, 0.3) is 5.56 Å². The largest absolute Gasteiger partial charge is 0.352 e. The molecule has 1 fully saturated rings. The highest BCUT2D eigenvalue weighted by atomic mass is 32.1. The number of nitrogens with zero attached hydrogens (tertiary/aromatic N) is 5. The number of anilines is 1. The van der Waals surface area contributed by atoms with E-state index < -0.39 is 0 Å². The Kier molecular flexibility index (Phi) is 4.91. The molecule has 0 spiro atoms. The van der Waals surface area contributed by atoms with Crippen molar-refractivity contribution in [1.82, 2.24) is 18.7 Å². The molecule has 4 heterocycles. The van der Waals surface area contributed by atoms with Crippen molar-refractivity contribution in [3.05, 3.63) is 98.0 Å². The smallest absolute Gasteiger partial charge is 0.312 e. The fraction of sp³-hybridized carbons (Fsp3) is 0.200. The summed E-state index contributed by atoms with van der Waals surface area (Å²) in [6.45, 7) is 1.32. The summed E-state index contributed by atoms with van der Waals surface area (Å²) in [4.78, 5) is 40.4. The summed E-state index contributed by atoms with van der Waals surface area (Å²) in [5.74, 6) is 0.463. The van der Waals surface area contributed by atoms with Gasteiger partial charge in [0.05, 0.1) is 18.6 Å². The Hall–Kier alpha value is -3.98. The van der Waals surface area contributed by atoms with Gasteiger partial charge in [-0.15, -0.1) is 16.4 Å². The van der Waals surface area contributed by atoms with Gasteiger partial charge in [0, 0.05) is 18.7 Å². The van der Waals surface area contributed by atoms with E-state index in [0.717, 1.165) is 29.8 Å². The van der Waals surface area contributed by atoms with E-state index in [1.165, 1.54) is 20.4 Å². The first-order chi connectivity index (χ1) is 16.6. The summed E-state index contributed by atoms with van der Waals surface area (Å²) in [5.41, 5.74) is 2.84. The SMILES string of the molecule is O=C1CCCN1c1ccc(Cn2nc3n(Cc4ccccc4)c(=O)c4sccc4n3c2=O)cc1. The fourth-order valence-electron chi connectivity index (χ4n) is 4.52. The van der Waals surface area contributed by atoms with Crippen molar-refractivity contribution in [2.24, 2.45) is 0 Å². The van der Waals surface area contributed by atoms with Crippen LogP contribution in [0.15, 0.2) is 75.6 Å². The molecule has 2 aromatic carbocycles. The number of hydrogen-bond donors (Lipinski definition) is 0. The molecule has 1 amide bonds. The number of amides is 1. The van der Waals surface area contributed by atoms with Gasteiger partial charge in [-0.25, -0.2) is 13.9 Å². The fourth-order valence-corrected chi connectivity index (χ4v) is 5.34. The molecule has 0 saturated carbocycles. The van der Waals surface area contributed by atoms with Crippen LogP contribution in [0.5, 0.6) is 0 Å². The van der Waals surface area contributed by atoms with Crippen LogP contribution in [0.4, 0.5) is 5.69 Å². The Morgan fingerprint density at radius 1 is 0.882 bits per heavy atom. The summed E-state index contributed by atoms with van der Waals surface area (Å²) in [5, 5.41) is 6.40. The lowest BCUT2D eigenvalue weighted by atomic mass is 10.2. The van der Waals surface area contributed by atoms with Gasteiger partial charge in [0.15, 0.2) is 0 Å². The number of rotatable bonds is 5. The summed E-state index contributed by atoms with van der Waals surface area (Å²) in [6, 6.07) is 19.1. The van der Waals surface area contributed by atoms with E-state index in [0.29, 0.717) is 29.0 Å². The van der Waals surface area contributed by atoms with E-state index in [9.17, 15) is 14.4 Å². The molecule has 0 atom stereocenters. The highest BCUT2D eigenvalue weighted by Crippen LogP contribution is 2.22. The highest BCUT2D eigenvalue weighted by Gasteiger charge is 2.22. The molecule has 5 aromatic rings. The van der Waals surface area contributed by atoms with Crippen molar-refractivity contribution in [2.45, 2.75) is 25.9 Å². The second-order valence-corrected chi connectivity index (χ2v) is 9.32. The quantitative estimate of drug-likeness (QED) is 0.395. The second-order valence-electron chi connectivity index (χ2n) is 8.40. The van der Waals surface area contributed by atoms with Gasteiger partial charge in [-0.3, -0.25) is 14.2 Å². The minimum Gasteiger partial charge on any atom is -0.312 e. The third kappa shape index (κ3) is 3.36. The van der Waals surface area contributed by atoms with E-state index >= 15 is 0 Å². The van der Waals surface area contributed by atoms with E-state index in [1.54, 1.807) is 15.5 Å². The molecule has 1 saturated heterocycles. The number of carbonyl (C=O) groups is 1. The first kappa shape index (κ1) is 20.6. The van der Waals surface area contributed by atoms with Crippen molar-refractivity contribution < 1.29 is 4.79 Å². The third-order valence-corrected chi connectivity index (χ3v) is 7.12. The normalized spacial score (nSPS) is 14.0. The molecule has 1 aliphatic rings. The van der Waals surface area contributed by atoms with Crippen molar-refractivity contribution in [1.29, 1.82) is 0 Å². The van der Waals surface area contributed by atoms with Gasteiger partial charge in [-0.1, -0.05) is 42.5 Å². The highest BCUT2D eigenvalue weighted by molar-refractivity contribution is 7.17. The molecule has 1 aliphatic heterocycles. The Balaban J connectivity index is 1.42. The molecule has 0 bridgehead atoms.